The minimum atomic E-state index is -3.80. The van der Waals surface area contributed by atoms with E-state index in [-0.39, 0.29) is 55.9 Å². The molecule has 1 saturated heterocycles. The molecule has 2 heterocycles. The molecule has 0 aromatic heterocycles. The zero-order valence-electron chi connectivity index (χ0n) is 16.0. The predicted molar refractivity (Wildman–Crippen MR) is 106 cm³/mol. The highest BCUT2D eigenvalue weighted by Crippen LogP contribution is 2.31. The van der Waals surface area contributed by atoms with Crippen LogP contribution in [0.2, 0.25) is 0 Å². The first-order chi connectivity index (χ1) is 14.3. The van der Waals surface area contributed by atoms with Gasteiger partial charge in [0.1, 0.15) is 11.6 Å². The SMILES string of the molecule is O=C1COc2ccc(S(=O)(=O)N3CCN(C(=O)Cc4ccccc4F)CC3)cc2N1. The van der Waals surface area contributed by atoms with Crippen LogP contribution in [-0.2, 0) is 26.0 Å². The molecule has 0 radical (unpaired) electrons. The number of hydrogen-bond acceptors (Lipinski definition) is 5. The lowest BCUT2D eigenvalue weighted by Gasteiger charge is -2.34. The number of benzene rings is 2. The largest absolute Gasteiger partial charge is 0.482 e. The van der Waals surface area contributed by atoms with Gasteiger partial charge < -0.3 is 15.0 Å². The van der Waals surface area contributed by atoms with Gasteiger partial charge in [0.25, 0.3) is 5.91 Å². The highest BCUT2D eigenvalue weighted by molar-refractivity contribution is 7.89. The number of sulfonamides is 1. The number of nitrogens with zero attached hydrogens (tertiary/aromatic N) is 2. The Morgan fingerprint density at radius 2 is 1.83 bits per heavy atom. The summed E-state index contributed by atoms with van der Waals surface area (Å²) in [7, 11) is -3.80. The maximum atomic E-state index is 13.8. The van der Waals surface area contributed by atoms with Gasteiger partial charge in [0.15, 0.2) is 6.61 Å². The Morgan fingerprint density at radius 1 is 1.10 bits per heavy atom. The quantitative estimate of drug-likeness (QED) is 0.783. The van der Waals surface area contributed by atoms with Gasteiger partial charge in [-0.1, -0.05) is 18.2 Å². The fourth-order valence-corrected chi connectivity index (χ4v) is 4.92. The number of fused-ring (bicyclic) bond motifs is 1. The second-order valence-electron chi connectivity index (χ2n) is 7.05. The van der Waals surface area contributed by atoms with E-state index in [1.54, 1.807) is 23.1 Å². The van der Waals surface area contributed by atoms with Crippen molar-refractivity contribution in [1.82, 2.24) is 9.21 Å². The summed E-state index contributed by atoms with van der Waals surface area (Å²) in [6.45, 7) is 0.590. The fourth-order valence-electron chi connectivity index (χ4n) is 3.47. The number of anilines is 1. The van der Waals surface area contributed by atoms with Gasteiger partial charge in [-0.15, -0.1) is 0 Å². The fraction of sp³-hybridized carbons (Fsp3) is 0.300. The van der Waals surface area contributed by atoms with E-state index >= 15 is 0 Å². The smallest absolute Gasteiger partial charge is 0.262 e. The summed E-state index contributed by atoms with van der Waals surface area (Å²) in [6.07, 6.45) is -0.0655. The van der Waals surface area contributed by atoms with Crippen molar-refractivity contribution in [3.8, 4) is 5.75 Å². The summed E-state index contributed by atoms with van der Waals surface area (Å²) < 4.78 is 46.3. The van der Waals surface area contributed by atoms with Crippen molar-refractivity contribution in [1.29, 1.82) is 0 Å². The summed E-state index contributed by atoms with van der Waals surface area (Å²) in [6, 6.07) is 10.4. The first-order valence-corrected chi connectivity index (χ1v) is 10.9. The number of hydrogen-bond donors (Lipinski definition) is 1. The topological polar surface area (TPSA) is 96.0 Å². The van der Waals surface area contributed by atoms with Crippen LogP contribution in [0.5, 0.6) is 5.75 Å². The van der Waals surface area contributed by atoms with E-state index in [0.717, 1.165) is 0 Å². The van der Waals surface area contributed by atoms with Crippen molar-refractivity contribution in [3.05, 3.63) is 53.8 Å². The van der Waals surface area contributed by atoms with Gasteiger partial charge >= 0.3 is 0 Å². The Morgan fingerprint density at radius 3 is 2.57 bits per heavy atom. The van der Waals surface area contributed by atoms with Gasteiger partial charge in [-0.2, -0.15) is 4.31 Å². The second-order valence-corrected chi connectivity index (χ2v) is 8.99. The summed E-state index contributed by atoms with van der Waals surface area (Å²) in [5.41, 5.74) is 0.627. The summed E-state index contributed by atoms with van der Waals surface area (Å²) in [5.74, 6) is -0.613. The lowest BCUT2D eigenvalue weighted by molar-refractivity contribution is -0.131. The zero-order chi connectivity index (χ0) is 21.3. The third kappa shape index (κ3) is 4.01. The van der Waals surface area contributed by atoms with Crippen molar-refractivity contribution in [2.45, 2.75) is 11.3 Å². The molecular formula is C20H20FN3O5S. The third-order valence-corrected chi connectivity index (χ3v) is 7.01. The van der Waals surface area contributed by atoms with E-state index in [2.05, 4.69) is 5.32 Å². The van der Waals surface area contributed by atoms with E-state index in [4.69, 9.17) is 4.74 Å². The van der Waals surface area contributed by atoms with E-state index < -0.39 is 15.8 Å². The number of piperazine rings is 1. The lowest BCUT2D eigenvalue weighted by Crippen LogP contribution is -2.50. The Balaban J connectivity index is 1.42. The van der Waals surface area contributed by atoms with Crippen LogP contribution in [0.25, 0.3) is 0 Å². The van der Waals surface area contributed by atoms with Gasteiger partial charge in [0.05, 0.1) is 17.0 Å². The van der Waals surface area contributed by atoms with Crippen LogP contribution in [0.3, 0.4) is 0 Å². The Hall–Kier alpha value is -2.98. The minimum Gasteiger partial charge on any atom is -0.482 e. The van der Waals surface area contributed by atoms with Crippen LogP contribution in [0.15, 0.2) is 47.4 Å². The molecule has 2 aliphatic heterocycles. The van der Waals surface area contributed by atoms with E-state index in [1.807, 2.05) is 0 Å². The number of halogens is 1. The molecule has 0 spiro atoms. The molecule has 0 aliphatic carbocycles. The number of rotatable bonds is 4. The number of carbonyl (C=O) groups excluding carboxylic acids is 2. The van der Waals surface area contributed by atoms with E-state index in [0.29, 0.717) is 17.0 Å². The maximum Gasteiger partial charge on any atom is 0.262 e. The van der Waals surface area contributed by atoms with Crippen molar-refractivity contribution in [2.75, 3.05) is 38.1 Å². The third-order valence-electron chi connectivity index (χ3n) is 5.11. The minimum absolute atomic E-state index is 0.0400. The standard InChI is InChI=1S/C20H20FN3O5S/c21-16-4-2-1-3-14(16)11-20(26)23-7-9-24(10-8-23)30(27,28)15-5-6-18-17(12-15)22-19(25)13-29-18/h1-6,12H,7-11,13H2,(H,22,25). The molecule has 8 nitrogen and oxygen atoms in total. The molecule has 1 N–H and O–H groups in total. The molecule has 158 valence electrons. The van der Waals surface area contributed by atoms with E-state index in [1.165, 1.54) is 28.6 Å². The summed E-state index contributed by atoms with van der Waals surface area (Å²) >= 11 is 0. The molecule has 30 heavy (non-hydrogen) atoms. The zero-order valence-corrected chi connectivity index (χ0v) is 16.8. The number of nitrogens with one attached hydrogen (secondary N) is 1. The first-order valence-electron chi connectivity index (χ1n) is 9.42. The Kier molecular flexibility index (Phi) is 5.44. The van der Waals surface area contributed by atoms with Crippen LogP contribution in [-0.4, -0.2) is 62.2 Å². The average Bonchev–Trinajstić information content (AvgIpc) is 2.75. The molecule has 0 bridgehead atoms. The van der Waals surface area contributed by atoms with Gasteiger partial charge in [-0.25, -0.2) is 12.8 Å². The molecule has 2 aromatic rings. The molecule has 0 unspecified atom stereocenters. The highest BCUT2D eigenvalue weighted by Gasteiger charge is 2.31. The van der Waals surface area contributed by atoms with Gasteiger partial charge in [-0.3, -0.25) is 9.59 Å². The maximum absolute atomic E-state index is 13.8. The van der Waals surface area contributed by atoms with Gasteiger partial charge in [-0.05, 0) is 29.8 Å². The van der Waals surface area contributed by atoms with Crippen LogP contribution >= 0.6 is 0 Å². The van der Waals surface area contributed by atoms with Crippen molar-refractivity contribution in [2.24, 2.45) is 0 Å². The molecule has 2 amide bonds. The number of amides is 2. The monoisotopic (exact) mass is 433 g/mol. The van der Waals surface area contributed by atoms with Gasteiger partial charge in [0.2, 0.25) is 15.9 Å². The lowest BCUT2D eigenvalue weighted by atomic mass is 10.1. The molecule has 10 heteroatoms. The van der Waals surface area contributed by atoms with Crippen LogP contribution < -0.4 is 10.1 Å². The molecule has 0 saturated carbocycles. The summed E-state index contributed by atoms with van der Waals surface area (Å²) in [4.78, 5) is 25.5. The second kappa shape index (κ2) is 8.04. The summed E-state index contributed by atoms with van der Waals surface area (Å²) in [5, 5.41) is 2.59. The van der Waals surface area contributed by atoms with Crippen molar-refractivity contribution >= 4 is 27.5 Å². The first kappa shape index (κ1) is 20.3. The molecular weight excluding hydrogens is 413 g/mol. The van der Waals surface area contributed by atoms with Crippen LogP contribution in [0, 0.1) is 5.82 Å². The Labute approximate surface area is 173 Å². The van der Waals surface area contributed by atoms with Crippen molar-refractivity contribution in [3.63, 3.8) is 0 Å². The van der Waals surface area contributed by atoms with Crippen LogP contribution in [0.4, 0.5) is 10.1 Å². The number of ether oxygens (including phenoxy) is 1. The van der Waals surface area contributed by atoms with Crippen LogP contribution in [0.1, 0.15) is 5.56 Å². The van der Waals surface area contributed by atoms with Gasteiger partial charge in [0, 0.05) is 26.2 Å². The van der Waals surface area contributed by atoms with Crippen molar-refractivity contribution < 1.29 is 27.1 Å². The predicted octanol–water partition coefficient (Wildman–Crippen LogP) is 1.23. The highest BCUT2D eigenvalue weighted by atomic mass is 32.2. The van der Waals surface area contributed by atoms with E-state index in [9.17, 15) is 22.4 Å². The molecule has 2 aliphatic rings. The molecule has 1 fully saturated rings. The number of carbonyl (C=O) groups is 2. The molecule has 4 rings (SSSR count). The molecule has 2 aromatic carbocycles. The normalized spacial score (nSPS) is 17.1. The Bertz CT molecular complexity index is 1100. The average molecular weight is 433 g/mol. The molecule has 0 atom stereocenters.